The van der Waals surface area contributed by atoms with Gasteiger partial charge in [-0.05, 0) is 26.2 Å². The van der Waals surface area contributed by atoms with Gasteiger partial charge in [-0.25, -0.2) is 4.98 Å². The third-order valence-electron chi connectivity index (χ3n) is 4.81. The van der Waals surface area contributed by atoms with Crippen molar-refractivity contribution in [3.63, 3.8) is 0 Å². The van der Waals surface area contributed by atoms with Gasteiger partial charge in [0, 0.05) is 24.2 Å². The van der Waals surface area contributed by atoms with Crippen molar-refractivity contribution in [1.29, 1.82) is 0 Å². The molecular formula is C17H23N5O3. The van der Waals surface area contributed by atoms with Crippen molar-refractivity contribution in [2.75, 3.05) is 13.2 Å². The smallest absolute Gasteiger partial charge is 0.251 e. The second kappa shape index (κ2) is 6.68. The number of aryl methyl sites for hydroxylation is 1. The number of rotatable bonds is 5. The summed E-state index contributed by atoms with van der Waals surface area (Å²) >= 11 is 0. The SMILES string of the molecule is CCc1cc(=O)[nH]c(CN2CCO[C@H](C)[C@H]2c2nc(C3CC3)no2)n1. The van der Waals surface area contributed by atoms with E-state index in [-0.39, 0.29) is 17.7 Å². The molecule has 1 saturated heterocycles. The molecular weight excluding hydrogens is 322 g/mol. The molecule has 0 aromatic carbocycles. The minimum absolute atomic E-state index is 0.0673. The lowest BCUT2D eigenvalue weighted by Gasteiger charge is -2.37. The van der Waals surface area contributed by atoms with Crippen LogP contribution in [-0.4, -0.2) is 44.3 Å². The van der Waals surface area contributed by atoms with Crippen LogP contribution in [0.5, 0.6) is 0 Å². The Hall–Kier alpha value is -2.06. The lowest BCUT2D eigenvalue weighted by Crippen LogP contribution is -2.44. The quantitative estimate of drug-likeness (QED) is 0.878. The molecule has 2 aliphatic rings. The van der Waals surface area contributed by atoms with Crippen LogP contribution in [0.4, 0.5) is 0 Å². The fourth-order valence-corrected chi connectivity index (χ4v) is 3.30. The summed E-state index contributed by atoms with van der Waals surface area (Å²) in [6, 6.07) is 1.41. The molecule has 2 aromatic heterocycles. The number of hydrogen-bond acceptors (Lipinski definition) is 7. The zero-order chi connectivity index (χ0) is 17.4. The van der Waals surface area contributed by atoms with Crippen LogP contribution in [0.2, 0.25) is 0 Å². The Labute approximate surface area is 145 Å². The molecule has 0 bridgehead atoms. The van der Waals surface area contributed by atoms with E-state index in [1.54, 1.807) is 6.07 Å². The molecule has 1 aliphatic carbocycles. The summed E-state index contributed by atoms with van der Waals surface area (Å²) in [5.41, 5.74) is 0.680. The van der Waals surface area contributed by atoms with Crippen molar-refractivity contribution >= 4 is 0 Å². The number of nitrogens with one attached hydrogen (secondary N) is 1. The van der Waals surface area contributed by atoms with Crippen LogP contribution < -0.4 is 5.56 Å². The molecule has 1 N–H and O–H groups in total. The number of H-pyrrole nitrogens is 1. The van der Waals surface area contributed by atoms with Crippen LogP contribution in [0.3, 0.4) is 0 Å². The molecule has 3 heterocycles. The normalized spacial score (nSPS) is 24.6. The summed E-state index contributed by atoms with van der Waals surface area (Å²) in [4.78, 5) is 26.0. The van der Waals surface area contributed by atoms with Crippen molar-refractivity contribution in [3.05, 3.63) is 39.7 Å². The van der Waals surface area contributed by atoms with Gasteiger partial charge < -0.3 is 14.2 Å². The molecule has 0 amide bonds. The Morgan fingerprint density at radius 1 is 1.36 bits per heavy atom. The summed E-state index contributed by atoms with van der Waals surface area (Å²) in [6.07, 6.45) is 2.93. The lowest BCUT2D eigenvalue weighted by atomic mass is 10.1. The van der Waals surface area contributed by atoms with Crippen molar-refractivity contribution in [2.45, 2.75) is 57.7 Å². The predicted octanol–water partition coefficient (Wildman–Crippen LogP) is 1.55. The molecule has 0 spiro atoms. The van der Waals surface area contributed by atoms with Gasteiger partial charge in [0.2, 0.25) is 5.89 Å². The molecule has 1 saturated carbocycles. The fourth-order valence-electron chi connectivity index (χ4n) is 3.30. The summed E-state index contributed by atoms with van der Waals surface area (Å²) in [5, 5.41) is 4.13. The number of aromatic nitrogens is 4. The Morgan fingerprint density at radius 3 is 2.96 bits per heavy atom. The molecule has 1 aliphatic heterocycles. The van der Waals surface area contributed by atoms with Crippen LogP contribution in [0.1, 0.15) is 61.9 Å². The molecule has 25 heavy (non-hydrogen) atoms. The van der Waals surface area contributed by atoms with Crippen LogP contribution in [-0.2, 0) is 17.7 Å². The highest BCUT2D eigenvalue weighted by Crippen LogP contribution is 2.39. The van der Waals surface area contributed by atoms with Gasteiger partial charge in [0.05, 0.1) is 19.3 Å². The van der Waals surface area contributed by atoms with Gasteiger partial charge in [-0.2, -0.15) is 4.98 Å². The zero-order valence-corrected chi connectivity index (χ0v) is 14.6. The van der Waals surface area contributed by atoms with Crippen LogP contribution in [0.15, 0.2) is 15.4 Å². The average Bonchev–Trinajstić information content (AvgIpc) is 3.33. The van der Waals surface area contributed by atoms with Crippen LogP contribution in [0.25, 0.3) is 0 Å². The molecule has 0 unspecified atom stereocenters. The maximum atomic E-state index is 11.8. The number of morpholine rings is 1. The highest BCUT2D eigenvalue weighted by Gasteiger charge is 2.37. The van der Waals surface area contributed by atoms with Gasteiger partial charge in [-0.1, -0.05) is 12.1 Å². The Kier molecular flexibility index (Phi) is 4.39. The maximum absolute atomic E-state index is 11.8. The second-order valence-corrected chi connectivity index (χ2v) is 6.79. The van der Waals surface area contributed by atoms with Crippen molar-refractivity contribution in [1.82, 2.24) is 25.0 Å². The Balaban J connectivity index is 1.59. The molecule has 134 valence electrons. The largest absolute Gasteiger partial charge is 0.375 e. The highest BCUT2D eigenvalue weighted by atomic mass is 16.5. The standard InChI is InChI=1S/C17H23N5O3/c1-3-12-8-14(23)19-13(18-12)9-22-6-7-24-10(2)15(22)17-20-16(21-25-17)11-4-5-11/h8,10-11,15H,3-7,9H2,1-2H3,(H,18,19,23)/t10-,15+/m1/s1. The molecule has 2 fully saturated rings. The van der Waals surface area contributed by atoms with E-state index in [0.717, 1.165) is 37.3 Å². The van der Waals surface area contributed by atoms with Crippen LogP contribution >= 0.6 is 0 Å². The molecule has 8 nitrogen and oxygen atoms in total. The van der Waals surface area contributed by atoms with Crippen molar-refractivity contribution < 1.29 is 9.26 Å². The lowest BCUT2D eigenvalue weighted by molar-refractivity contribution is -0.0771. The van der Waals surface area contributed by atoms with Crippen LogP contribution in [0, 0.1) is 0 Å². The van der Waals surface area contributed by atoms with Gasteiger partial charge in [0.25, 0.3) is 5.56 Å². The number of aromatic amines is 1. The van der Waals surface area contributed by atoms with E-state index in [1.807, 2.05) is 13.8 Å². The predicted molar refractivity (Wildman–Crippen MR) is 89.1 cm³/mol. The first-order chi connectivity index (χ1) is 12.1. The first-order valence-electron chi connectivity index (χ1n) is 8.92. The number of hydrogen-bond donors (Lipinski definition) is 1. The summed E-state index contributed by atoms with van der Waals surface area (Å²) in [6.45, 7) is 5.86. The zero-order valence-electron chi connectivity index (χ0n) is 14.6. The summed E-state index contributed by atoms with van der Waals surface area (Å²) in [5.74, 6) is 2.49. The van der Waals surface area contributed by atoms with E-state index in [4.69, 9.17) is 9.26 Å². The highest BCUT2D eigenvalue weighted by molar-refractivity contribution is 5.07. The van der Waals surface area contributed by atoms with E-state index >= 15 is 0 Å². The minimum atomic E-state index is -0.135. The van der Waals surface area contributed by atoms with E-state index in [1.165, 1.54) is 0 Å². The van der Waals surface area contributed by atoms with Crippen molar-refractivity contribution in [3.8, 4) is 0 Å². The summed E-state index contributed by atoms with van der Waals surface area (Å²) < 4.78 is 11.3. The Morgan fingerprint density at radius 2 is 2.20 bits per heavy atom. The topological polar surface area (TPSA) is 97.1 Å². The van der Waals surface area contributed by atoms with E-state index in [0.29, 0.717) is 30.8 Å². The van der Waals surface area contributed by atoms with Gasteiger partial charge in [-0.3, -0.25) is 9.69 Å². The number of ether oxygens (including phenoxy) is 1. The second-order valence-electron chi connectivity index (χ2n) is 6.79. The molecule has 4 rings (SSSR count). The van der Waals surface area contributed by atoms with Gasteiger partial charge in [0.15, 0.2) is 5.82 Å². The molecule has 2 atom stereocenters. The van der Waals surface area contributed by atoms with Crippen molar-refractivity contribution in [2.24, 2.45) is 0 Å². The number of nitrogens with zero attached hydrogens (tertiary/aromatic N) is 4. The monoisotopic (exact) mass is 345 g/mol. The molecule has 8 heteroatoms. The fraction of sp³-hybridized carbons (Fsp3) is 0.647. The summed E-state index contributed by atoms with van der Waals surface area (Å²) in [7, 11) is 0. The third-order valence-corrected chi connectivity index (χ3v) is 4.81. The Bertz CT molecular complexity index is 798. The van der Waals surface area contributed by atoms with Gasteiger partial charge in [0.1, 0.15) is 11.9 Å². The van der Waals surface area contributed by atoms with Gasteiger partial charge in [-0.15, -0.1) is 0 Å². The molecule has 2 aromatic rings. The van der Waals surface area contributed by atoms with E-state index in [2.05, 4.69) is 25.0 Å². The molecule has 0 radical (unpaired) electrons. The maximum Gasteiger partial charge on any atom is 0.251 e. The van der Waals surface area contributed by atoms with E-state index in [9.17, 15) is 4.79 Å². The first kappa shape index (κ1) is 16.4. The average molecular weight is 345 g/mol. The van der Waals surface area contributed by atoms with E-state index < -0.39 is 0 Å². The third kappa shape index (κ3) is 3.50. The van der Waals surface area contributed by atoms with Gasteiger partial charge >= 0.3 is 0 Å². The minimum Gasteiger partial charge on any atom is -0.375 e. The first-order valence-corrected chi connectivity index (χ1v) is 8.92.